The largest absolute Gasteiger partial charge is 0.350 e. The first-order chi connectivity index (χ1) is 10.2. The standard InChI is InChI=1S/C15H18FN3OS/c1-2-12-9-14(19-18-12)15(20)17-7-8-21-10-11-5-3-4-6-13(11)16/h3-6,9H,2,7-8,10H2,1H3,(H,17,20)(H,18,19). The van der Waals surface area contributed by atoms with E-state index >= 15 is 0 Å². The first-order valence-corrected chi connectivity index (χ1v) is 7.99. The molecule has 0 aliphatic heterocycles. The lowest BCUT2D eigenvalue weighted by Crippen LogP contribution is -2.26. The van der Waals surface area contributed by atoms with E-state index in [1.165, 1.54) is 6.07 Å². The number of benzene rings is 1. The van der Waals surface area contributed by atoms with E-state index in [-0.39, 0.29) is 11.7 Å². The van der Waals surface area contributed by atoms with Crippen LogP contribution in [0.1, 0.15) is 28.7 Å². The molecule has 4 nitrogen and oxygen atoms in total. The number of aromatic amines is 1. The lowest BCUT2D eigenvalue weighted by atomic mass is 10.2. The SMILES string of the molecule is CCc1cc(C(=O)NCCSCc2ccccc2F)n[nH]1. The number of halogens is 1. The average molecular weight is 307 g/mol. The second kappa shape index (κ2) is 7.83. The number of carbonyl (C=O) groups excluding carboxylic acids is 1. The molecule has 0 atom stereocenters. The highest BCUT2D eigenvalue weighted by Crippen LogP contribution is 2.14. The Hall–Kier alpha value is -1.82. The van der Waals surface area contributed by atoms with Crippen LogP contribution in [0.25, 0.3) is 0 Å². The number of hydrogen-bond acceptors (Lipinski definition) is 3. The Kier molecular flexibility index (Phi) is 5.80. The minimum Gasteiger partial charge on any atom is -0.350 e. The molecule has 0 saturated heterocycles. The number of nitrogens with one attached hydrogen (secondary N) is 2. The predicted molar refractivity (Wildman–Crippen MR) is 82.9 cm³/mol. The Morgan fingerprint density at radius 1 is 1.43 bits per heavy atom. The topological polar surface area (TPSA) is 57.8 Å². The molecule has 112 valence electrons. The van der Waals surface area contributed by atoms with Gasteiger partial charge in [0.05, 0.1) is 0 Å². The highest BCUT2D eigenvalue weighted by atomic mass is 32.2. The third kappa shape index (κ3) is 4.60. The van der Waals surface area contributed by atoms with Crippen LogP contribution < -0.4 is 5.32 Å². The molecule has 0 unspecified atom stereocenters. The van der Waals surface area contributed by atoms with Crippen molar-refractivity contribution >= 4 is 17.7 Å². The van der Waals surface area contributed by atoms with Gasteiger partial charge in [-0.2, -0.15) is 16.9 Å². The number of thioether (sulfide) groups is 1. The molecule has 0 aliphatic carbocycles. The number of H-pyrrole nitrogens is 1. The molecule has 1 heterocycles. The first kappa shape index (κ1) is 15.6. The zero-order valence-electron chi connectivity index (χ0n) is 11.9. The molecule has 21 heavy (non-hydrogen) atoms. The fourth-order valence-electron chi connectivity index (χ4n) is 1.78. The van der Waals surface area contributed by atoms with Crippen molar-refractivity contribution in [2.45, 2.75) is 19.1 Å². The van der Waals surface area contributed by atoms with E-state index in [1.807, 2.05) is 13.0 Å². The van der Waals surface area contributed by atoms with Crippen LogP contribution in [-0.2, 0) is 12.2 Å². The number of carbonyl (C=O) groups is 1. The summed E-state index contributed by atoms with van der Waals surface area (Å²) in [5.74, 6) is 0.964. The van der Waals surface area contributed by atoms with E-state index < -0.39 is 0 Å². The summed E-state index contributed by atoms with van der Waals surface area (Å²) in [5, 5.41) is 9.56. The zero-order chi connectivity index (χ0) is 15.1. The molecular weight excluding hydrogens is 289 g/mol. The lowest BCUT2D eigenvalue weighted by Gasteiger charge is -2.04. The van der Waals surface area contributed by atoms with Gasteiger partial charge in [0.2, 0.25) is 0 Å². The molecule has 2 aromatic rings. The summed E-state index contributed by atoms with van der Waals surface area (Å²) in [4.78, 5) is 11.8. The van der Waals surface area contributed by atoms with E-state index in [2.05, 4.69) is 15.5 Å². The van der Waals surface area contributed by atoms with E-state index in [1.54, 1.807) is 30.0 Å². The number of amides is 1. The van der Waals surface area contributed by atoms with Crippen LogP contribution in [-0.4, -0.2) is 28.4 Å². The molecule has 1 aromatic heterocycles. The smallest absolute Gasteiger partial charge is 0.271 e. The van der Waals surface area contributed by atoms with Gasteiger partial charge in [-0.15, -0.1) is 0 Å². The van der Waals surface area contributed by atoms with Gasteiger partial charge in [-0.05, 0) is 24.1 Å². The molecular formula is C15H18FN3OS. The Bertz CT molecular complexity index is 600. The minimum atomic E-state index is -0.183. The molecule has 1 aromatic carbocycles. The number of rotatable bonds is 7. The molecule has 2 rings (SSSR count). The van der Waals surface area contributed by atoms with Crippen molar-refractivity contribution in [3.8, 4) is 0 Å². The highest BCUT2D eigenvalue weighted by molar-refractivity contribution is 7.98. The summed E-state index contributed by atoms with van der Waals surface area (Å²) in [6.07, 6.45) is 0.818. The van der Waals surface area contributed by atoms with Crippen LogP contribution in [0, 0.1) is 5.82 Å². The molecule has 0 radical (unpaired) electrons. The van der Waals surface area contributed by atoms with Crippen LogP contribution in [0.5, 0.6) is 0 Å². The van der Waals surface area contributed by atoms with Crippen molar-refractivity contribution in [2.24, 2.45) is 0 Å². The molecule has 0 saturated carbocycles. The second-order valence-corrected chi connectivity index (χ2v) is 5.64. The Morgan fingerprint density at radius 3 is 2.95 bits per heavy atom. The molecule has 2 N–H and O–H groups in total. The maximum absolute atomic E-state index is 13.4. The van der Waals surface area contributed by atoms with Crippen molar-refractivity contribution in [1.29, 1.82) is 0 Å². The monoisotopic (exact) mass is 307 g/mol. The van der Waals surface area contributed by atoms with Gasteiger partial charge >= 0.3 is 0 Å². The van der Waals surface area contributed by atoms with Crippen molar-refractivity contribution in [1.82, 2.24) is 15.5 Å². The fourth-order valence-corrected chi connectivity index (χ4v) is 2.63. The van der Waals surface area contributed by atoms with Crippen LogP contribution in [0.2, 0.25) is 0 Å². The third-order valence-corrected chi connectivity index (χ3v) is 4.00. The van der Waals surface area contributed by atoms with Crippen LogP contribution in [0.15, 0.2) is 30.3 Å². The van der Waals surface area contributed by atoms with Crippen molar-refractivity contribution < 1.29 is 9.18 Å². The summed E-state index contributed by atoms with van der Waals surface area (Å²) in [5.41, 5.74) is 2.04. The third-order valence-electron chi connectivity index (χ3n) is 2.99. The molecule has 0 aliphatic rings. The van der Waals surface area contributed by atoms with E-state index in [0.29, 0.717) is 23.6 Å². The van der Waals surface area contributed by atoms with Gasteiger partial charge in [0.15, 0.2) is 0 Å². The van der Waals surface area contributed by atoms with Gasteiger partial charge in [-0.25, -0.2) is 4.39 Å². The van der Waals surface area contributed by atoms with Gasteiger partial charge in [0.1, 0.15) is 11.5 Å². The van der Waals surface area contributed by atoms with Gasteiger partial charge in [-0.1, -0.05) is 25.1 Å². The summed E-state index contributed by atoms with van der Waals surface area (Å²) in [6.45, 7) is 2.53. The molecule has 0 fully saturated rings. The van der Waals surface area contributed by atoms with Gasteiger partial charge < -0.3 is 5.32 Å². The fraction of sp³-hybridized carbons (Fsp3) is 0.333. The van der Waals surface area contributed by atoms with E-state index in [0.717, 1.165) is 17.9 Å². The number of hydrogen-bond donors (Lipinski definition) is 2. The van der Waals surface area contributed by atoms with Gasteiger partial charge in [-0.3, -0.25) is 9.89 Å². The minimum absolute atomic E-state index is 0.183. The van der Waals surface area contributed by atoms with Crippen LogP contribution in [0.3, 0.4) is 0 Å². The highest BCUT2D eigenvalue weighted by Gasteiger charge is 2.09. The molecule has 0 spiro atoms. The number of aromatic nitrogens is 2. The lowest BCUT2D eigenvalue weighted by molar-refractivity contribution is 0.0951. The van der Waals surface area contributed by atoms with E-state index in [9.17, 15) is 9.18 Å². The first-order valence-electron chi connectivity index (χ1n) is 6.84. The van der Waals surface area contributed by atoms with Gasteiger partial charge in [0, 0.05) is 23.7 Å². The maximum Gasteiger partial charge on any atom is 0.271 e. The Labute approximate surface area is 127 Å². The Balaban J connectivity index is 1.68. The predicted octanol–water partition coefficient (Wildman–Crippen LogP) is 2.77. The summed E-state index contributed by atoms with van der Waals surface area (Å²) in [7, 11) is 0. The van der Waals surface area contributed by atoms with Crippen LogP contribution >= 0.6 is 11.8 Å². The molecule has 0 bridgehead atoms. The second-order valence-electron chi connectivity index (χ2n) is 4.53. The summed E-state index contributed by atoms with van der Waals surface area (Å²) < 4.78 is 13.4. The summed E-state index contributed by atoms with van der Waals surface area (Å²) in [6, 6.07) is 8.49. The number of nitrogens with zero attached hydrogens (tertiary/aromatic N) is 1. The molecule has 1 amide bonds. The normalized spacial score (nSPS) is 10.6. The maximum atomic E-state index is 13.4. The van der Waals surface area contributed by atoms with Crippen molar-refractivity contribution in [3.05, 3.63) is 53.1 Å². The zero-order valence-corrected chi connectivity index (χ0v) is 12.7. The van der Waals surface area contributed by atoms with Crippen molar-refractivity contribution in [3.63, 3.8) is 0 Å². The Morgan fingerprint density at radius 2 is 2.24 bits per heavy atom. The molecule has 6 heteroatoms. The quantitative estimate of drug-likeness (QED) is 0.773. The number of aryl methyl sites for hydroxylation is 1. The summed E-state index contributed by atoms with van der Waals surface area (Å²) >= 11 is 1.58. The van der Waals surface area contributed by atoms with Crippen molar-refractivity contribution in [2.75, 3.05) is 12.3 Å². The average Bonchev–Trinajstić information content (AvgIpc) is 2.97. The van der Waals surface area contributed by atoms with Gasteiger partial charge in [0.25, 0.3) is 5.91 Å². The van der Waals surface area contributed by atoms with Crippen LogP contribution in [0.4, 0.5) is 4.39 Å². The van der Waals surface area contributed by atoms with E-state index in [4.69, 9.17) is 0 Å².